The summed E-state index contributed by atoms with van der Waals surface area (Å²) >= 11 is 0. The molecule has 1 aromatic carbocycles. The summed E-state index contributed by atoms with van der Waals surface area (Å²) in [6.07, 6.45) is 8.91. The smallest absolute Gasteiger partial charge is 0.277 e. The predicted molar refractivity (Wildman–Crippen MR) is 150 cm³/mol. The highest BCUT2D eigenvalue weighted by atomic mass is 16.5. The molecule has 0 atom stereocenters. The van der Waals surface area contributed by atoms with Crippen LogP contribution < -0.4 is 16.0 Å². The molecule has 0 spiro atoms. The second-order valence-corrected chi connectivity index (χ2v) is 9.31. The van der Waals surface area contributed by atoms with Crippen LogP contribution in [0.15, 0.2) is 89.2 Å². The van der Waals surface area contributed by atoms with Gasteiger partial charge in [-0.25, -0.2) is 9.97 Å². The Morgan fingerprint density at radius 1 is 0.975 bits per heavy atom. The van der Waals surface area contributed by atoms with Gasteiger partial charge in [-0.1, -0.05) is 62.6 Å². The number of nitrogen functional groups attached to an aromatic ring is 1. The molecule has 2 heterocycles. The molecule has 0 fully saturated rings. The lowest BCUT2D eigenvalue weighted by molar-refractivity contribution is -0.133. The Bertz CT molecular complexity index is 1500. The average Bonchev–Trinajstić information content (AvgIpc) is 2.97. The SMILES string of the molecule is CCCCCCN(CC1=C(Oc2ccccn2)C=CC(=O)C1=O)C(=O)Cn1c(-c2ccccc2)ncc(N)c1=O. The standard InChI is InChI=1S/C30H31N5O5/c1-2-3-4-10-17-34(19-22-25(15-14-24(36)28(22)38)40-26-13-8-9-16-32-26)27(37)20-35-29(21-11-6-5-7-12-21)33-18-23(31)30(35)39/h5-9,11-16,18H,2-4,10,17,19-20,31H2,1H3. The van der Waals surface area contributed by atoms with E-state index >= 15 is 0 Å². The van der Waals surface area contributed by atoms with Crippen molar-refractivity contribution < 1.29 is 19.1 Å². The molecule has 40 heavy (non-hydrogen) atoms. The number of unbranched alkanes of at least 4 members (excludes halogenated alkanes) is 3. The number of benzene rings is 1. The number of hydrogen-bond acceptors (Lipinski definition) is 8. The number of amides is 1. The summed E-state index contributed by atoms with van der Waals surface area (Å²) < 4.78 is 7.06. The molecule has 3 aromatic rings. The number of rotatable bonds is 12. The first-order chi connectivity index (χ1) is 19.4. The van der Waals surface area contributed by atoms with Crippen LogP contribution in [0.3, 0.4) is 0 Å². The van der Waals surface area contributed by atoms with Crippen LogP contribution in [0, 0.1) is 0 Å². The molecule has 2 N–H and O–H groups in total. The van der Waals surface area contributed by atoms with E-state index < -0.39 is 23.0 Å². The van der Waals surface area contributed by atoms with E-state index in [1.165, 1.54) is 21.7 Å². The minimum Gasteiger partial charge on any atom is -0.439 e. The molecule has 1 amide bonds. The monoisotopic (exact) mass is 541 g/mol. The van der Waals surface area contributed by atoms with Gasteiger partial charge in [0.05, 0.1) is 18.3 Å². The third-order valence-corrected chi connectivity index (χ3v) is 6.42. The number of ether oxygens (including phenoxy) is 1. The number of pyridine rings is 1. The van der Waals surface area contributed by atoms with Gasteiger partial charge in [0.2, 0.25) is 23.4 Å². The van der Waals surface area contributed by atoms with Gasteiger partial charge in [0.1, 0.15) is 23.8 Å². The van der Waals surface area contributed by atoms with Crippen LogP contribution in [0.5, 0.6) is 5.88 Å². The lowest BCUT2D eigenvalue weighted by atomic mass is 10.00. The van der Waals surface area contributed by atoms with Crippen molar-refractivity contribution in [2.45, 2.75) is 39.2 Å². The van der Waals surface area contributed by atoms with Crippen LogP contribution in [0.25, 0.3) is 11.4 Å². The summed E-state index contributed by atoms with van der Waals surface area (Å²) in [4.78, 5) is 62.0. The van der Waals surface area contributed by atoms with E-state index in [1.54, 1.807) is 48.7 Å². The van der Waals surface area contributed by atoms with Gasteiger partial charge >= 0.3 is 0 Å². The molecule has 2 aromatic heterocycles. The molecule has 4 rings (SSSR count). The summed E-state index contributed by atoms with van der Waals surface area (Å²) in [6.45, 7) is 1.87. The number of aromatic nitrogens is 3. The third kappa shape index (κ3) is 6.76. The molecule has 206 valence electrons. The fourth-order valence-corrected chi connectivity index (χ4v) is 4.27. The molecule has 10 heteroatoms. The molecule has 1 aliphatic carbocycles. The second kappa shape index (κ2) is 13.3. The molecule has 0 aliphatic heterocycles. The Morgan fingerprint density at radius 2 is 1.75 bits per heavy atom. The van der Waals surface area contributed by atoms with E-state index in [0.717, 1.165) is 25.3 Å². The first kappa shape index (κ1) is 28.2. The normalized spacial score (nSPS) is 13.0. The van der Waals surface area contributed by atoms with Crippen LogP contribution >= 0.6 is 0 Å². The topological polar surface area (TPSA) is 137 Å². The zero-order valence-corrected chi connectivity index (χ0v) is 22.3. The highest BCUT2D eigenvalue weighted by Crippen LogP contribution is 2.21. The summed E-state index contributed by atoms with van der Waals surface area (Å²) in [5, 5.41) is 0. The minimum absolute atomic E-state index is 0.0447. The zero-order valence-electron chi connectivity index (χ0n) is 22.3. The van der Waals surface area contributed by atoms with Gasteiger partial charge in [-0.3, -0.25) is 23.7 Å². The van der Waals surface area contributed by atoms with Crippen LogP contribution in [0.2, 0.25) is 0 Å². The third-order valence-electron chi connectivity index (χ3n) is 6.42. The zero-order chi connectivity index (χ0) is 28.5. The molecule has 0 radical (unpaired) electrons. The predicted octanol–water partition coefficient (Wildman–Crippen LogP) is 3.34. The van der Waals surface area contributed by atoms with Crippen molar-refractivity contribution in [2.24, 2.45) is 0 Å². The van der Waals surface area contributed by atoms with Gasteiger partial charge in [0.15, 0.2) is 0 Å². The number of ketones is 2. The van der Waals surface area contributed by atoms with E-state index in [-0.39, 0.29) is 36.0 Å². The molecule has 0 saturated carbocycles. The lowest BCUT2D eigenvalue weighted by Crippen LogP contribution is -2.41. The summed E-state index contributed by atoms with van der Waals surface area (Å²) in [7, 11) is 0. The highest BCUT2D eigenvalue weighted by molar-refractivity contribution is 6.48. The van der Waals surface area contributed by atoms with Gasteiger partial charge in [-0.05, 0) is 24.6 Å². The van der Waals surface area contributed by atoms with E-state index in [1.807, 2.05) is 6.07 Å². The number of nitrogens with two attached hydrogens (primary N) is 1. The lowest BCUT2D eigenvalue weighted by Gasteiger charge is -2.26. The maximum absolute atomic E-state index is 13.8. The largest absolute Gasteiger partial charge is 0.439 e. The quantitative estimate of drug-likeness (QED) is 0.209. The van der Waals surface area contributed by atoms with E-state index in [9.17, 15) is 19.2 Å². The van der Waals surface area contributed by atoms with Crippen LogP contribution in [0.1, 0.15) is 32.6 Å². The van der Waals surface area contributed by atoms with Crippen molar-refractivity contribution >= 4 is 23.2 Å². The number of allylic oxidation sites excluding steroid dienone is 2. The minimum atomic E-state index is -0.757. The Balaban J connectivity index is 1.68. The van der Waals surface area contributed by atoms with Gasteiger partial charge in [0.25, 0.3) is 5.56 Å². The Hall–Kier alpha value is -4.86. The van der Waals surface area contributed by atoms with E-state index in [0.29, 0.717) is 24.4 Å². The maximum Gasteiger partial charge on any atom is 0.277 e. The van der Waals surface area contributed by atoms with Crippen molar-refractivity contribution in [1.82, 2.24) is 19.4 Å². The summed E-state index contributed by atoms with van der Waals surface area (Å²) in [6, 6.07) is 14.1. The maximum atomic E-state index is 13.8. The summed E-state index contributed by atoms with van der Waals surface area (Å²) in [5.41, 5.74) is 5.93. The van der Waals surface area contributed by atoms with Gasteiger partial charge in [-0.15, -0.1) is 0 Å². The number of carbonyl (C=O) groups excluding carboxylic acids is 3. The number of Topliss-reactive ketones (excluding diaryl/α,β-unsaturated/α-hetero) is 1. The molecular formula is C30H31N5O5. The van der Waals surface area contributed by atoms with Crippen molar-refractivity contribution in [3.8, 4) is 17.3 Å². The molecule has 1 aliphatic rings. The highest BCUT2D eigenvalue weighted by Gasteiger charge is 2.29. The number of hydrogen-bond donors (Lipinski definition) is 1. The van der Waals surface area contributed by atoms with E-state index in [2.05, 4.69) is 16.9 Å². The van der Waals surface area contributed by atoms with Crippen LogP contribution in [-0.2, 0) is 20.9 Å². The van der Waals surface area contributed by atoms with Gasteiger partial charge in [-0.2, -0.15) is 0 Å². The van der Waals surface area contributed by atoms with E-state index in [4.69, 9.17) is 10.5 Å². The van der Waals surface area contributed by atoms with Crippen LogP contribution in [0.4, 0.5) is 5.69 Å². The van der Waals surface area contributed by atoms with Gasteiger partial charge < -0.3 is 15.4 Å². The molecule has 0 unspecified atom stereocenters. The van der Waals surface area contributed by atoms with Crippen LogP contribution in [-0.4, -0.2) is 50.0 Å². The fraction of sp³-hybridized carbons (Fsp3) is 0.267. The fourth-order valence-electron chi connectivity index (χ4n) is 4.27. The summed E-state index contributed by atoms with van der Waals surface area (Å²) in [5.74, 6) is -1.21. The van der Waals surface area contributed by atoms with Crippen molar-refractivity contribution in [1.29, 1.82) is 0 Å². The Kier molecular flexibility index (Phi) is 9.35. The first-order valence-electron chi connectivity index (χ1n) is 13.2. The molecule has 0 saturated heterocycles. The number of nitrogens with zero attached hydrogens (tertiary/aromatic N) is 4. The van der Waals surface area contributed by atoms with Crippen molar-refractivity contribution in [3.63, 3.8) is 0 Å². The van der Waals surface area contributed by atoms with Crippen molar-refractivity contribution in [2.75, 3.05) is 18.8 Å². The molecular weight excluding hydrogens is 510 g/mol. The average molecular weight is 542 g/mol. The molecule has 0 bridgehead atoms. The van der Waals surface area contributed by atoms with Gasteiger partial charge in [0, 0.05) is 24.4 Å². The Morgan fingerprint density at radius 3 is 2.48 bits per heavy atom. The number of carbonyl (C=O) groups is 3. The molecule has 10 nitrogen and oxygen atoms in total. The second-order valence-electron chi connectivity index (χ2n) is 9.31. The Labute approximate surface area is 231 Å². The van der Waals surface area contributed by atoms with Crippen molar-refractivity contribution in [3.05, 3.63) is 94.8 Å². The first-order valence-corrected chi connectivity index (χ1v) is 13.2. The number of anilines is 1.